The summed E-state index contributed by atoms with van der Waals surface area (Å²) in [5, 5.41) is 17.0. The largest absolute Gasteiger partial charge is 0.192 e. The van der Waals surface area contributed by atoms with Crippen LogP contribution in [0.15, 0.2) is 115 Å². The second-order valence-corrected chi connectivity index (χ2v) is 8.03. The Labute approximate surface area is 186 Å². The van der Waals surface area contributed by atoms with Gasteiger partial charge in [0, 0.05) is 5.56 Å². The first-order valence-corrected chi connectivity index (χ1v) is 10.8. The average molecular weight is 406 g/mol. The third-order valence-electron chi connectivity index (χ3n) is 6.31. The number of fused-ring (bicyclic) bond motifs is 3. The molecule has 0 bridgehead atoms. The van der Waals surface area contributed by atoms with Crippen molar-refractivity contribution in [3.8, 4) is 28.3 Å². The second kappa shape index (κ2) is 7.38. The number of hydrogen-bond acceptors (Lipinski definition) is 1. The van der Waals surface area contributed by atoms with Gasteiger partial charge in [-0.2, -0.15) is 5.26 Å². The van der Waals surface area contributed by atoms with Crippen LogP contribution < -0.4 is 0 Å². The van der Waals surface area contributed by atoms with Crippen LogP contribution in [-0.4, -0.2) is 0 Å². The van der Waals surface area contributed by atoms with Crippen LogP contribution in [0.5, 0.6) is 0 Å². The molecule has 0 aromatic heterocycles. The molecule has 0 fully saturated rings. The maximum absolute atomic E-state index is 9.82. The summed E-state index contributed by atoms with van der Waals surface area (Å²) in [6.07, 6.45) is 0. The Morgan fingerprint density at radius 2 is 0.844 bits per heavy atom. The highest BCUT2D eigenvalue weighted by atomic mass is 14.3. The van der Waals surface area contributed by atoms with Crippen LogP contribution in [0.4, 0.5) is 0 Å². The van der Waals surface area contributed by atoms with Gasteiger partial charge in [-0.3, -0.25) is 0 Å². The van der Waals surface area contributed by atoms with E-state index in [0.717, 1.165) is 21.9 Å². The van der Waals surface area contributed by atoms with Crippen molar-refractivity contribution in [1.82, 2.24) is 0 Å². The molecule has 0 amide bonds. The Kier molecular flexibility index (Phi) is 4.23. The number of hydrogen-bond donors (Lipinski definition) is 0. The monoisotopic (exact) mass is 405 g/mol. The Bertz CT molecular complexity index is 1620. The molecule has 148 valence electrons. The summed E-state index contributed by atoms with van der Waals surface area (Å²) in [7, 11) is 0. The molecule has 0 N–H and O–H groups in total. The summed E-state index contributed by atoms with van der Waals surface area (Å²) in [6.45, 7) is 0. The van der Waals surface area contributed by atoms with E-state index < -0.39 is 0 Å². The van der Waals surface area contributed by atoms with Crippen LogP contribution in [0.2, 0.25) is 0 Å². The summed E-state index contributed by atoms with van der Waals surface area (Å²) in [5.74, 6) is 0. The minimum absolute atomic E-state index is 0.695. The predicted molar refractivity (Wildman–Crippen MR) is 135 cm³/mol. The molecule has 0 spiro atoms. The number of benzene rings is 6. The van der Waals surface area contributed by atoms with Crippen LogP contribution in [0.25, 0.3) is 54.6 Å². The summed E-state index contributed by atoms with van der Waals surface area (Å²) in [6, 6.07) is 42.5. The fraction of sp³-hybridized carbons (Fsp3) is 0. The summed E-state index contributed by atoms with van der Waals surface area (Å²) >= 11 is 0. The highest BCUT2D eigenvalue weighted by Crippen LogP contribution is 2.45. The van der Waals surface area contributed by atoms with Crippen molar-refractivity contribution in [2.75, 3.05) is 0 Å². The van der Waals surface area contributed by atoms with Crippen molar-refractivity contribution >= 4 is 32.3 Å². The number of rotatable bonds is 2. The van der Waals surface area contributed by atoms with Gasteiger partial charge >= 0.3 is 0 Å². The van der Waals surface area contributed by atoms with E-state index >= 15 is 0 Å². The van der Waals surface area contributed by atoms with Crippen molar-refractivity contribution < 1.29 is 0 Å². The third kappa shape index (κ3) is 2.71. The van der Waals surface area contributed by atoms with Crippen LogP contribution in [0.3, 0.4) is 0 Å². The minimum atomic E-state index is 0.695. The zero-order chi connectivity index (χ0) is 21.5. The molecule has 0 saturated heterocycles. The van der Waals surface area contributed by atoms with Gasteiger partial charge in [-0.05, 0) is 55.1 Å². The lowest BCUT2D eigenvalue weighted by atomic mass is 9.84. The van der Waals surface area contributed by atoms with E-state index in [4.69, 9.17) is 0 Å². The first-order chi connectivity index (χ1) is 15.9. The number of nitrogens with zero attached hydrogens (tertiary/aromatic N) is 1. The van der Waals surface area contributed by atoms with E-state index in [2.05, 4.69) is 103 Å². The lowest BCUT2D eigenvalue weighted by molar-refractivity contribution is 1.48. The van der Waals surface area contributed by atoms with E-state index in [9.17, 15) is 5.26 Å². The lowest BCUT2D eigenvalue weighted by Gasteiger charge is -2.19. The normalized spacial score (nSPS) is 11.1. The highest BCUT2D eigenvalue weighted by molar-refractivity contribution is 6.23. The zero-order valence-electron chi connectivity index (χ0n) is 17.4. The molecule has 0 radical (unpaired) electrons. The molecule has 6 rings (SSSR count). The van der Waals surface area contributed by atoms with E-state index in [1.807, 2.05) is 18.2 Å². The Balaban J connectivity index is 1.85. The molecule has 1 heteroatoms. The SMILES string of the molecule is N#Cc1ccccc1-c1c2ccccc2c(-c2cccc3ccccc23)c2ccccc12. The molecule has 32 heavy (non-hydrogen) atoms. The molecular formula is C31H19N. The molecular weight excluding hydrogens is 386 g/mol. The minimum Gasteiger partial charge on any atom is -0.192 e. The molecule has 6 aromatic rings. The van der Waals surface area contributed by atoms with Gasteiger partial charge in [0.15, 0.2) is 0 Å². The molecule has 0 aliphatic rings. The smallest absolute Gasteiger partial charge is 0.0998 e. The molecule has 0 heterocycles. The van der Waals surface area contributed by atoms with Crippen LogP contribution >= 0.6 is 0 Å². The molecule has 0 aliphatic heterocycles. The van der Waals surface area contributed by atoms with Crippen molar-refractivity contribution in [2.45, 2.75) is 0 Å². The standard InChI is InChI=1S/C31H19N/c32-20-22-11-2-4-14-24(22)30-26-15-5-7-17-28(26)31(29-18-8-6-16-27(29)30)25-19-9-12-21-10-1-3-13-23(21)25/h1-19H. The second-order valence-electron chi connectivity index (χ2n) is 8.03. The third-order valence-corrected chi connectivity index (χ3v) is 6.31. The number of nitriles is 1. The molecule has 0 aliphatic carbocycles. The molecule has 1 nitrogen and oxygen atoms in total. The van der Waals surface area contributed by atoms with E-state index in [1.165, 1.54) is 32.7 Å². The molecule has 0 unspecified atom stereocenters. The van der Waals surface area contributed by atoms with Gasteiger partial charge < -0.3 is 0 Å². The summed E-state index contributed by atoms with van der Waals surface area (Å²) in [5.41, 5.74) is 5.27. The lowest BCUT2D eigenvalue weighted by Crippen LogP contribution is -1.93. The predicted octanol–water partition coefficient (Wildman–Crippen LogP) is 8.35. The zero-order valence-corrected chi connectivity index (χ0v) is 17.4. The first-order valence-electron chi connectivity index (χ1n) is 10.8. The van der Waals surface area contributed by atoms with Crippen molar-refractivity contribution in [2.24, 2.45) is 0 Å². The Morgan fingerprint density at radius 3 is 1.47 bits per heavy atom. The van der Waals surface area contributed by atoms with Gasteiger partial charge in [-0.1, -0.05) is 109 Å². The Hall–Kier alpha value is -4.41. The Morgan fingerprint density at radius 1 is 0.406 bits per heavy atom. The molecule has 0 atom stereocenters. The van der Waals surface area contributed by atoms with E-state index in [0.29, 0.717) is 5.56 Å². The molecule has 6 aromatic carbocycles. The van der Waals surface area contributed by atoms with E-state index in [1.54, 1.807) is 0 Å². The highest BCUT2D eigenvalue weighted by Gasteiger charge is 2.18. The van der Waals surface area contributed by atoms with Gasteiger partial charge in [0.05, 0.1) is 11.6 Å². The quantitative estimate of drug-likeness (QED) is 0.266. The van der Waals surface area contributed by atoms with Gasteiger partial charge in [-0.25, -0.2) is 0 Å². The maximum Gasteiger partial charge on any atom is 0.0998 e. The van der Waals surface area contributed by atoms with Crippen LogP contribution in [0.1, 0.15) is 5.56 Å². The van der Waals surface area contributed by atoms with Gasteiger partial charge in [0.1, 0.15) is 0 Å². The van der Waals surface area contributed by atoms with Gasteiger partial charge in [0.25, 0.3) is 0 Å². The van der Waals surface area contributed by atoms with E-state index in [-0.39, 0.29) is 0 Å². The van der Waals surface area contributed by atoms with Crippen LogP contribution in [0, 0.1) is 11.3 Å². The summed E-state index contributed by atoms with van der Waals surface area (Å²) in [4.78, 5) is 0. The average Bonchev–Trinajstić information content (AvgIpc) is 2.87. The first kappa shape index (κ1) is 18.4. The maximum atomic E-state index is 9.82. The van der Waals surface area contributed by atoms with Crippen molar-refractivity contribution in [3.63, 3.8) is 0 Å². The fourth-order valence-corrected chi connectivity index (χ4v) is 4.95. The van der Waals surface area contributed by atoms with Crippen molar-refractivity contribution in [3.05, 3.63) is 121 Å². The summed E-state index contributed by atoms with van der Waals surface area (Å²) < 4.78 is 0. The fourth-order valence-electron chi connectivity index (χ4n) is 4.95. The van der Waals surface area contributed by atoms with Crippen LogP contribution in [-0.2, 0) is 0 Å². The van der Waals surface area contributed by atoms with Crippen molar-refractivity contribution in [1.29, 1.82) is 5.26 Å². The van der Waals surface area contributed by atoms with Gasteiger partial charge in [-0.15, -0.1) is 0 Å². The molecule has 0 saturated carbocycles. The van der Waals surface area contributed by atoms with Gasteiger partial charge in [0.2, 0.25) is 0 Å². The topological polar surface area (TPSA) is 23.8 Å².